The van der Waals surface area contributed by atoms with Gasteiger partial charge in [-0.25, -0.2) is 17.2 Å². The summed E-state index contributed by atoms with van der Waals surface area (Å²) in [7, 11) is -3.00. The molecule has 0 radical (unpaired) electrons. The fourth-order valence-electron chi connectivity index (χ4n) is 2.34. The third-order valence-corrected chi connectivity index (χ3v) is 5.49. The smallest absolute Gasteiger partial charge is 0.248 e. The minimum absolute atomic E-state index is 0.0729. The summed E-state index contributed by atoms with van der Waals surface area (Å²) in [5.41, 5.74) is 0. The van der Waals surface area contributed by atoms with Gasteiger partial charge in [-0.15, -0.1) is 0 Å². The lowest BCUT2D eigenvalue weighted by atomic mass is 9.82. The largest absolute Gasteiger partial charge is 0.393 e. The average molecular weight is 284 g/mol. The van der Waals surface area contributed by atoms with E-state index >= 15 is 0 Å². The molecule has 108 valence electrons. The zero-order chi connectivity index (χ0) is 13.8. The first kappa shape index (κ1) is 15.8. The van der Waals surface area contributed by atoms with E-state index in [0.717, 1.165) is 0 Å². The van der Waals surface area contributed by atoms with Crippen LogP contribution in [0.4, 0.5) is 8.78 Å². The monoisotopic (exact) mass is 284 g/mol. The van der Waals surface area contributed by atoms with Crippen LogP contribution >= 0.6 is 0 Å². The predicted molar refractivity (Wildman–Crippen MR) is 66.5 cm³/mol. The summed E-state index contributed by atoms with van der Waals surface area (Å²) in [6, 6.07) is 0. The van der Waals surface area contributed by atoms with Crippen molar-refractivity contribution in [2.45, 2.75) is 57.5 Å². The number of halogens is 2. The van der Waals surface area contributed by atoms with Crippen molar-refractivity contribution in [2.24, 2.45) is 5.92 Å². The number of hydrogen-bond donors (Lipinski definition) is 1. The first-order chi connectivity index (χ1) is 8.26. The maximum Gasteiger partial charge on any atom is 0.248 e. The Morgan fingerprint density at radius 2 is 1.89 bits per heavy atom. The van der Waals surface area contributed by atoms with E-state index in [9.17, 15) is 22.3 Å². The summed E-state index contributed by atoms with van der Waals surface area (Å²) >= 11 is 0. The highest BCUT2D eigenvalue weighted by molar-refractivity contribution is 7.91. The summed E-state index contributed by atoms with van der Waals surface area (Å²) in [6.07, 6.45) is 0.473. The van der Waals surface area contributed by atoms with Crippen molar-refractivity contribution in [2.75, 3.05) is 11.5 Å². The quantitative estimate of drug-likeness (QED) is 0.815. The molecule has 1 rings (SSSR count). The first-order valence-electron chi connectivity index (χ1n) is 6.52. The number of sulfone groups is 1. The SMILES string of the molecule is CCS(=O)(=O)CCCC(O)C1CCC(F)(F)CC1. The lowest BCUT2D eigenvalue weighted by Crippen LogP contribution is -2.31. The molecule has 0 bridgehead atoms. The highest BCUT2D eigenvalue weighted by atomic mass is 32.2. The van der Waals surface area contributed by atoms with Crippen molar-refractivity contribution in [3.8, 4) is 0 Å². The standard InChI is InChI=1S/C12H22F2O3S/c1-2-18(16,17)9-3-4-11(15)10-5-7-12(13,14)8-6-10/h10-11,15H,2-9H2,1H3. The summed E-state index contributed by atoms with van der Waals surface area (Å²) in [5, 5.41) is 9.87. The van der Waals surface area contributed by atoms with Gasteiger partial charge in [0.05, 0.1) is 11.9 Å². The molecule has 0 aliphatic heterocycles. The number of hydrogen-bond acceptors (Lipinski definition) is 3. The third-order valence-electron chi connectivity index (χ3n) is 3.70. The maximum atomic E-state index is 12.9. The van der Waals surface area contributed by atoms with Crippen LogP contribution in [0.3, 0.4) is 0 Å². The molecule has 3 nitrogen and oxygen atoms in total. The van der Waals surface area contributed by atoms with Crippen molar-refractivity contribution >= 4 is 9.84 Å². The van der Waals surface area contributed by atoms with Crippen molar-refractivity contribution in [3.05, 3.63) is 0 Å². The van der Waals surface area contributed by atoms with Crippen molar-refractivity contribution in [3.63, 3.8) is 0 Å². The molecule has 1 N–H and O–H groups in total. The lowest BCUT2D eigenvalue weighted by molar-refractivity contribution is -0.0629. The van der Waals surface area contributed by atoms with Crippen LogP contribution in [0.25, 0.3) is 0 Å². The summed E-state index contributed by atoms with van der Waals surface area (Å²) in [6.45, 7) is 1.59. The minimum atomic E-state index is -3.00. The molecule has 1 saturated carbocycles. The fourth-order valence-corrected chi connectivity index (χ4v) is 3.23. The van der Waals surface area contributed by atoms with E-state index in [1.807, 2.05) is 0 Å². The van der Waals surface area contributed by atoms with E-state index in [-0.39, 0.29) is 30.3 Å². The lowest BCUT2D eigenvalue weighted by Gasteiger charge is -2.31. The Kier molecular flexibility index (Phi) is 5.52. The van der Waals surface area contributed by atoms with Crippen LogP contribution in [-0.4, -0.2) is 37.1 Å². The Hall–Kier alpha value is -0.230. The van der Waals surface area contributed by atoms with Crippen LogP contribution in [0.2, 0.25) is 0 Å². The predicted octanol–water partition coefficient (Wildman–Crippen LogP) is 2.39. The van der Waals surface area contributed by atoms with Gasteiger partial charge in [-0.3, -0.25) is 0 Å². The highest BCUT2D eigenvalue weighted by Gasteiger charge is 2.37. The Morgan fingerprint density at radius 1 is 1.33 bits per heavy atom. The van der Waals surface area contributed by atoms with E-state index < -0.39 is 21.9 Å². The summed E-state index contributed by atoms with van der Waals surface area (Å²) in [5.74, 6) is -2.50. The van der Waals surface area contributed by atoms with Crippen molar-refractivity contribution < 1.29 is 22.3 Å². The van der Waals surface area contributed by atoms with Gasteiger partial charge < -0.3 is 5.11 Å². The Bertz CT molecular complexity index is 344. The van der Waals surface area contributed by atoms with Gasteiger partial charge in [-0.2, -0.15) is 0 Å². The van der Waals surface area contributed by atoms with Gasteiger partial charge in [0.25, 0.3) is 0 Å². The van der Waals surface area contributed by atoms with Crippen LogP contribution in [0.1, 0.15) is 45.4 Å². The Morgan fingerprint density at radius 3 is 2.39 bits per heavy atom. The molecular weight excluding hydrogens is 262 g/mol. The highest BCUT2D eigenvalue weighted by Crippen LogP contribution is 2.38. The molecule has 0 aromatic rings. The first-order valence-corrected chi connectivity index (χ1v) is 8.34. The third kappa shape index (κ3) is 5.18. The van der Waals surface area contributed by atoms with Crippen molar-refractivity contribution in [1.82, 2.24) is 0 Å². The van der Waals surface area contributed by atoms with E-state index in [2.05, 4.69) is 0 Å². The number of aliphatic hydroxyl groups is 1. The van der Waals surface area contributed by atoms with E-state index in [0.29, 0.717) is 25.7 Å². The molecule has 1 aliphatic carbocycles. The average Bonchev–Trinajstić information content (AvgIpc) is 2.28. The topological polar surface area (TPSA) is 54.4 Å². The van der Waals surface area contributed by atoms with Gasteiger partial charge in [0, 0.05) is 18.6 Å². The maximum absolute atomic E-state index is 12.9. The molecule has 1 atom stereocenters. The Labute approximate surface area is 107 Å². The van der Waals surface area contributed by atoms with Crippen LogP contribution < -0.4 is 0 Å². The zero-order valence-corrected chi connectivity index (χ0v) is 11.6. The van der Waals surface area contributed by atoms with Crippen LogP contribution in [0.5, 0.6) is 0 Å². The minimum Gasteiger partial charge on any atom is -0.393 e. The van der Waals surface area contributed by atoms with E-state index in [1.54, 1.807) is 6.92 Å². The second kappa shape index (κ2) is 6.28. The second-order valence-electron chi connectivity index (χ2n) is 5.14. The van der Waals surface area contributed by atoms with Crippen LogP contribution in [-0.2, 0) is 9.84 Å². The van der Waals surface area contributed by atoms with Crippen molar-refractivity contribution in [1.29, 1.82) is 0 Å². The molecule has 0 aromatic heterocycles. The van der Waals surface area contributed by atoms with Gasteiger partial charge in [0.1, 0.15) is 9.84 Å². The van der Waals surface area contributed by atoms with Crippen LogP contribution in [0.15, 0.2) is 0 Å². The molecule has 1 fully saturated rings. The van der Waals surface area contributed by atoms with E-state index in [4.69, 9.17) is 0 Å². The number of rotatable bonds is 6. The molecule has 0 saturated heterocycles. The van der Waals surface area contributed by atoms with Crippen LogP contribution in [0, 0.1) is 5.92 Å². The summed E-state index contributed by atoms with van der Waals surface area (Å²) in [4.78, 5) is 0. The van der Waals surface area contributed by atoms with Gasteiger partial charge in [-0.1, -0.05) is 6.92 Å². The van der Waals surface area contributed by atoms with Gasteiger partial charge in [0.15, 0.2) is 0 Å². The number of alkyl halides is 2. The Balaban J connectivity index is 2.28. The zero-order valence-electron chi connectivity index (χ0n) is 10.7. The van der Waals surface area contributed by atoms with Gasteiger partial charge in [0.2, 0.25) is 5.92 Å². The fraction of sp³-hybridized carbons (Fsp3) is 1.00. The molecule has 6 heteroatoms. The molecular formula is C12H22F2O3S. The molecule has 0 aromatic carbocycles. The van der Waals surface area contributed by atoms with Gasteiger partial charge >= 0.3 is 0 Å². The molecule has 18 heavy (non-hydrogen) atoms. The summed E-state index contributed by atoms with van der Waals surface area (Å²) < 4.78 is 48.4. The molecule has 0 heterocycles. The molecule has 1 aliphatic rings. The van der Waals surface area contributed by atoms with Gasteiger partial charge in [-0.05, 0) is 31.6 Å². The second-order valence-corrected chi connectivity index (χ2v) is 7.61. The molecule has 0 amide bonds. The number of aliphatic hydroxyl groups excluding tert-OH is 1. The normalized spacial score (nSPS) is 22.9. The molecule has 0 spiro atoms. The molecule has 1 unspecified atom stereocenters. The van der Waals surface area contributed by atoms with E-state index in [1.165, 1.54) is 0 Å².